The minimum Gasteiger partial charge on any atom is -0.314 e. The van der Waals surface area contributed by atoms with Gasteiger partial charge in [0.1, 0.15) is 23.5 Å². The molecule has 0 atom stereocenters. The summed E-state index contributed by atoms with van der Waals surface area (Å²) in [5.41, 5.74) is 0.544. The van der Waals surface area contributed by atoms with Crippen LogP contribution in [0.4, 0.5) is 14.5 Å². The van der Waals surface area contributed by atoms with Crippen LogP contribution in [0.1, 0.15) is 18.4 Å². The van der Waals surface area contributed by atoms with Gasteiger partial charge in [-0.25, -0.2) is 13.8 Å². The van der Waals surface area contributed by atoms with Crippen LogP contribution in [0.25, 0.3) is 0 Å². The Morgan fingerprint density at radius 2 is 1.77 bits per heavy atom. The number of nitrogens with zero attached hydrogens (tertiary/aromatic N) is 3. The molecular weight excluding hydrogens is 336 g/mol. The van der Waals surface area contributed by atoms with Crippen LogP contribution in [0.15, 0.2) is 53.5 Å². The van der Waals surface area contributed by atoms with Gasteiger partial charge in [-0.2, -0.15) is 0 Å². The first-order chi connectivity index (χ1) is 12.6. The van der Waals surface area contributed by atoms with Crippen molar-refractivity contribution in [1.82, 2.24) is 4.90 Å². The van der Waals surface area contributed by atoms with Gasteiger partial charge in [0.05, 0.1) is 5.69 Å². The molecule has 0 saturated carbocycles. The second kappa shape index (κ2) is 6.61. The number of hydrogen-bond acceptors (Lipinski definition) is 3. The average molecular weight is 355 g/mol. The first-order valence-corrected chi connectivity index (χ1v) is 8.68. The van der Waals surface area contributed by atoms with Gasteiger partial charge in [-0.05, 0) is 30.5 Å². The van der Waals surface area contributed by atoms with E-state index in [4.69, 9.17) is 0 Å². The van der Waals surface area contributed by atoms with E-state index in [1.54, 1.807) is 4.90 Å². The van der Waals surface area contributed by atoms with Crippen LogP contribution in [0, 0.1) is 11.6 Å². The number of anilines is 1. The number of rotatable bonds is 3. The molecule has 2 aromatic rings. The van der Waals surface area contributed by atoms with E-state index < -0.39 is 17.2 Å². The molecule has 26 heavy (non-hydrogen) atoms. The summed E-state index contributed by atoms with van der Waals surface area (Å²) in [6.07, 6.45) is 2.48. The van der Waals surface area contributed by atoms with E-state index in [0.717, 1.165) is 12.6 Å². The lowest BCUT2D eigenvalue weighted by Gasteiger charge is -2.43. The van der Waals surface area contributed by atoms with Crippen molar-refractivity contribution in [3.8, 4) is 0 Å². The van der Waals surface area contributed by atoms with Crippen LogP contribution in [0.5, 0.6) is 0 Å². The molecule has 2 aliphatic heterocycles. The second-order valence-electron chi connectivity index (χ2n) is 6.81. The van der Waals surface area contributed by atoms with Gasteiger partial charge in [0.25, 0.3) is 5.91 Å². The van der Waals surface area contributed by atoms with Crippen LogP contribution in [-0.2, 0) is 11.3 Å². The van der Waals surface area contributed by atoms with E-state index in [1.807, 2.05) is 18.2 Å². The summed E-state index contributed by atoms with van der Waals surface area (Å²) in [5.74, 6) is -1.57. The molecule has 1 amide bonds. The Kier molecular flexibility index (Phi) is 4.28. The van der Waals surface area contributed by atoms with E-state index in [2.05, 4.69) is 22.0 Å². The molecule has 2 heterocycles. The predicted molar refractivity (Wildman–Crippen MR) is 96.0 cm³/mol. The number of carbonyl (C=O) groups excluding carboxylic acids is 1. The Labute approximate surface area is 150 Å². The minimum atomic E-state index is -0.869. The molecule has 0 aliphatic carbocycles. The Morgan fingerprint density at radius 1 is 1.04 bits per heavy atom. The number of aliphatic imine (C=N–C) groups is 1. The fraction of sp³-hybridized carbons (Fsp3) is 0.300. The molecule has 0 bridgehead atoms. The molecule has 134 valence electrons. The third kappa shape index (κ3) is 2.90. The van der Waals surface area contributed by atoms with Crippen LogP contribution in [-0.4, -0.2) is 35.8 Å². The molecule has 6 heteroatoms. The summed E-state index contributed by atoms with van der Waals surface area (Å²) in [5, 5.41) is 0. The number of piperidine rings is 1. The van der Waals surface area contributed by atoms with Crippen molar-refractivity contribution < 1.29 is 13.6 Å². The van der Waals surface area contributed by atoms with Crippen LogP contribution in [0.3, 0.4) is 0 Å². The summed E-state index contributed by atoms with van der Waals surface area (Å²) in [4.78, 5) is 20.3. The molecule has 2 aliphatic rings. The number of halogens is 2. The van der Waals surface area contributed by atoms with Crippen molar-refractivity contribution in [1.29, 1.82) is 0 Å². The smallest absolute Gasteiger partial charge is 0.273 e. The van der Waals surface area contributed by atoms with Crippen molar-refractivity contribution in [3.63, 3.8) is 0 Å². The quantitative estimate of drug-likeness (QED) is 0.847. The maximum Gasteiger partial charge on any atom is 0.273 e. The highest BCUT2D eigenvalue weighted by Gasteiger charge is 2.49. The molecule has 4 nitrogen and oxygen atoms in total. The van der Waals surface area contributed by atoms with Gasteiger partial charge in [-0.1, -0.05) is 30.3 Å². The Morgan fingerprint density at radius 3 is 2.46 bits per heavy atom. The van der Waals surface area contributed by atoms with Gasteiger partial charge >= 0.3 is 0 Å². The maximum absolute atomic E-state index is 14.3. The Balaban J connectivity index is 1.53. The van der Waals surface area contributed by atoms with E-state index in [9.17, 15) is 13.6 Å². The fourth-order valence-electron chi connectivity index (χ4n) is 3.79. The number of carbonyl (C=O) groups is 1. The Bertz CT molecular complexity index is 845. The summed E-state index contributed by atoms with van der Waals surface area (Å²) in [6.45, 7) is 2.24. The van der Waals surface area contributed by atoms with E-state index >= 15 is 0 Å². The van der Waals surface area contributed by atoms with Crippen molar-refractivity contribution in [3.05, 3.63) is 65.7 Å². The zero-order valence-corrected chi connectivity index (χ0v) is 14.2. The first-order valence-electron chi connectivity index (χ1n) is 8.68. The number of benzene rings is 2. The highest BCUT2D eigenvalue weighted by Crippen LogP contribution is 2.38. The van der Waals surface area contributed by atoms with Crippen molar-refractivity contribution in [2.45, 2.75) is 24.9 Å². The monoisotopic (exact) mass is 355 g/mol. The van der Waals surface area contributed by atoms with Gasteiger partial charge in [0.2, 0.25) is 0 Å². The number of amides is 1. The lowest BCUT2D eigenvalue weighted by Crippen LogP contribution is -2.56. The average Bonchev–Trinajstić information content (AvgIpc) is 2.94. The lowest BCUT2D eigenvalue weighted by molar-refractivity contribution is -0.123. The largest absolute Gasteiger partial charge is 0.314 e. The van der Waals surface area contributed by atoms with Gasteiger partial charge in [0, 0.05) is 25.7 Å². The van der Waals surface area contributed by atoms with Crippen molar-refractivity contribution in [2.75, 3.05) is 18.0 Å². The Hall–Kier alpha value is -2.60. The highest BCUT2D eigenvalue weighted by atomic mass is 19.1. The van der Waals surface area contributed by atoms with E-state index in [0.29, 0.717) is 25.9 Å². The number of hydrogen-bond donors (Lipinski definition) is 0. The minimum absolute atomic E-state index is 0.192. The van der Waals surface area contributed by atoms with Gasteiger partial charge in [0.15, 0.2) is 0 Å². The second-order valence-corrected chi connectivity index (χ2v) is 6.81. The standard InChI is InChI=1S/C20H19F2N3O/c21-16-6-7-18(17(22)12-16)25-14-23-19(26)20(25)8-10-24(11-9-20)13-15-4-2-1-3-5-15/h1-7,12,14H,8-11,13H2. The fourth-order valence-corrected chi connectivity index (χ4v) is 3.79. The molecular formula is C20H19F2N3O. The topological polar surface area (TPSA) is 35.9 Å². The molecule has 0 aromatic heterocycles. The molecule has 1 fully saturated rings. The molecule has 0 radical (unpaired) electrons. The molecule has 4 rings (SSSR count). The van der Waals surface area contributed by atoms with Crippen LogP contribution in [0.2, 0.25) is 0 Å². The summed E-state index contributed by atoms with van der Waals surface area (Å²) < 4.78 is 27.5. The van der Waals surface area contributed by atoms with Gasteiger partial charge in [-0.3, -0.25) is 9.69 Å². The molecule has 1 spiro atoms. The summed E-state index contributed by atoms with van der Waals surface area (Å²) >= 11 is 0. The molecule has 0 N–H and O–H groups in total. The predicted octanol–water partition coefficient (Wildman–Crippen LogP) is 3.37. The van der Waals surface area contributed by atoms with Crippen LogP contribution >= 0.6 is 0 Å². The first kappa shape index (κ1) is 16.8. The summed E-state index contributed by atoms with van der Waals surface area (Å²) in [6, 6.07) is 13.6. The van der Waals surface area contributed by atoms with Gasteiger partial charge < -0.3 is 4.90 Å². The van der Waals surface area contributed by atoms with E-state index in [-0.39, 0.29) is 11.6 Å². The van der Waals surface area contributed by atoms with Crippen molar-refractivity contribution in [2.24, 2.45) is 4.99 Å². The molecule has 0 unspecified atom stereocenters. The molecule has 1 saturated heterocycles. The SMILES string of the molecule is O=C1N=CN(c2ccc(F)cc2F)C12CCN(Cc1ccccc1)CC2. The van der Waals surface area contributed by atoms with Gasteiger partial charge in [-0.15, -0.1) is 0 Å². The third-order valence-corrected chi connectivity index (χ3v) is 5.25. The van der Waals surface area contributed by atoms with Crippen LogP contribution < -0.4 is 4.90 Å². The third-order valence-electron chi connectivity index (χ3n) is 5.25. The highest BCUT2D eigenvalue weighted by molar-refractivity contribution is 6.08. The zero-order chi connectivity index (χ0) is 18.1. The maximum atomic E-state index is 14.3. The van der Waals surface area contributed by atoms with E-state index in [1.165, 1.54) is 24.0 Å². The number of likely N-dealkylation sites (tertiary alicyclic amines) is 1. The van der Waals surface area contributed by atoms with Crippen molar-refractivity contribution >= 4 is 17.9 Å². The normalized spacial score (nSPS) is 19.5. The summed E-state index contributed by atoms with van der Waals surface area (Å²) in [7, 11) is 0. The lowest BCUT2D eigenvalue weighted by atomic mass is 9.85. The molecule has 2 aromatic carbocycles. The zero-order valence-electron chi connectivity index (χ0n) is 14.2.